The quantitative estimate of drug-likeness (QED) is 0.891. The topological polar surface area (TPSA) is 60.1 Å². The van der Waals surface area contributed by atoms with Crippen LogP contribution in [0.3, 0.4) is 0 Å². The summed E-state index contributed by atoms with van der Waals surface area (Å²) < 4.78 is 2.76. The molecule has 1 amide bonds. The maximum Gasteiger partial charge on any atom is 0.272 e. The van der Waals surface area contributed by atoms with Crippen molar-refractivity contribution in [3.8, 4) is 0 Å². The van der Waals surface area contributed by atoms with Gasteiger partial charge in [0.15, 0.2) is 0 Å². The highest BCUT2D eigenvalue weighted by Crippen LogP contribution is 2.26. The van der Waals surface area contributed by atoms with E-state index < -0.39 is 0 Å². The molecule has 0 atom stereocenters. The summed E-state index contributed by atoms with van der Waals surface area (Å²) in [6, 6.07) is 7.62. The van der Waals surface area contributed by atoms with E-state index in [-0.39, 0.29) is 11.9 Å². The van der Waals surface area contributed by atoms with Gasteiger partial charge in [0.2, 0.25) is 0 Å². The minimum atomic E-state index is -0.165. The second kappa shape index (κ2) is 5.71. The van der Waals surface area contributed by atoms with Crippen LogP contribution in [-0.2, 0) is 0 Å². The van der Waals surface area contributed by atoms with Crippen LogP contribution in [0.15, 0.2) is 34.9 Å². The van der Waals surface area contributed by atoms with Crippen molar-refractivity contribution >= 4 is 33.2 Å². The first-order chi connectivity index (χ1) is 9.40. The molecule has 0 aliphatic carbocycles. The molecule has 0 fully saturated rings. The summed E-state index contributed by atoms with van der Waals surface area (Å²) in [5.74, 6) is -0.165. The van der Waals surface area contributed by atoms with Gasteiger partial charge >= 0.3 is 0 Å². The summed E-state index contributed by atoms with van der Waals surface area (Å²) >= 11 is 3.49. The van der Waals surface area contributed by atoms with Crippen molar-refractivity contribution in [1.29, 1.82) is 0 Å². The van der Waals surface area contributed by atoms with E-state index in [1.165, 1.54) is 0 Å². The SMILES string of the molecule is Cc1cccc(NC(=O)c2cc(N)cn2C(C)C)c1Br. The number of nitrogens with zero attached hydrogens (tertiary/aromatic N) is 1. The summed E-state index contributed by atoms with van der Waals surface area (Å²) in [6.07, 6.45) is 1.78. The zero-order valence-corrected chi connectivity index (χ0v) is 13.4. The largest absolute Gasteiger partial charge is 0.397 e. The first kappa shape index (κ1) is 14.7. The highest BCUT2D eigenvalue weighted by molar-refractivity contribution is 9.10. The first-order valence-corrected chi connectivity index (χ1v) is 7.23. The second-order valence-corrected chi connectivity index (χ2v) is 5.84. The zero-order valence-electron chi connectivity index (χ0n) is 11.8. The average Bonchev–Trinajstić information content (AvgIpc) is 2.77. The molecule has 0 aliphatic heterocycles. The Balaban J connectivity index is 2.31. The molecule has 0 saturated heterocycles. The number of hydrogen-bond acceptors (Lipinski definition) is 2. The van der Waals surface area contributed by atoms with Crippen LogP contribution in [-0.4, -0.2) is 10.5 Å². The standard InChI is InChI=1S/C15H18BrN3O/c1-9(2)19-8-11(17)7-13(19)15(20)18-12-6-4-5-10(3)14(12)16/h4-9H,17H2,1-3H3,(H,18,20). The number of carbonyl (C=O) groups is 1. The molecular weight excluding hydrogens is 318 g/mol. The third kappa shape index (κ3) is 2.88. The van der Waals surface area contributed by atoms with E-state index >= 15 is 0 Å². The lowest BCUT2D eigenvalue weighted by Gasteiger charge is -2.13. The summed E-state index contributed by atoms with van der Waals surface area (Å²) in [6.45, 7) is 6.01. The van der Waals surface area contributed by atoms with Crippen molar-refractivity contribution < 1.29 is 4.79 Å². The van der Waals surface area contributed by atoms with E-state index in [9.17, 15) is 4.79 Å². The average molecular weight is 336 g/mol. The van der Waals surface area contributed by atoms with Crippen molar-refractivity contribution in [3.63, 3.8) is 0 Å². The minimum Gasteiger partial charge on any atom is -0.397 e. The van der Waals surface area contributed by atoms with Gasteiger partial charge in [-0.25, -0.2) is 0 Å². The van der Waals surface area contributed by atoms with Crippen LogP contribution in [0.1, 0.15) is 35.9 Å². The van der Waals surface area contributed by atoms with Crippen molar-refractivity contribution in [2.45, 2.75) is 26.8 Å². The van der Waals surface area contributed by atoms with Gasteiger partial charge in [-0.1, -0.05) is 12.1 Å². The molecule has 4 nitrogen and oxygen atoms in total. The Kier molecular flexibility index (Phi) is 4.18. The summed E-state index contributed by atoms with van der Waals surface area (Å²) in [4.78, 5) is 12.4. The number of nitrogen functional groups attached to an aromatic ring is 1. The number of aryl methyl sites for hydroxylation is 1. The number of rotatable bonds is 3. The van der Waals surface area contributed by atoms with Crippen LogP contribution in [0.4, 0.5) is 11.4 Å². The number of hydrogen-bond donors (Lipinski definition) is 2. The third-order valence-corrected chi connectivity index (χ3v) is 4.15. The van der Waals surface area contributed by atoms with Gasteiger partial charge in [-0.3, -0.25) is 4.79 Å². The maximum absolute atomic E-state index is 12.4. The van der Waals surface area contributed by atoms with E-state index in [4.69, 9.17) is 5.73 Å². The van der Waals surface area contributed by atoms with E-state index in [0.29, 0.717) is 11.4 Å². The van der Waals surface area contributed by atoms with E-state index in [2.05, 4.69) is 21.2 Å². The van der Waals surface area contributed by atoms with Gasteiger partial charge < -0.3 is 15.6 Å². The molecule has 0 aliphatic rings. The molecule has 3 N–H and O–H groups in total. The number of halogens is 1. The molecule has 1 aromatic heterocycles. The molecule has 0 unspecified atom stereocenters. The van der Waals surface area contributed by atoms with E-state index in [1.54, 1.807) is 12.3 Å². The van der Waals surface area contributed by atoms with Gasteiger partial charge in [0.25, 0.3) is 5.91 Å². The van der Waals surface area contributed by atoms with Crippen LogP contribution in [0, 0.1) is 6.92 Å². The number of nitrogens with one attached hydrogen (secondary N) is 1. The molecule has 5 heteroatoms. The molecule has 2 aromatic rings. The fraction of sp³-hybridized carbons (Fsp3) is 0.267. The zero-order chi connectivity index (χ0) is 14.9. The molecule has 20 heavy (non-hydrogen) atoms. The Morgan fingerprint density at radius 3 is 2.75 bits per heavy atom. The summed E-state index contributed by atoms with van der Waals surface area (Å²) in [5, 5.41) is 2.91. The first-order valence-electron chi connectivity index (χ1n) is 6.44. The van der Waals surface area contributed by atoms with Crippen molar-refractivity contribution in [2.75, 3.05) is 11.1 Å². The molecular formula is C15H18BrN3O. The lowest BCUT2D eigenvalue weighted by atomic mass is 10.2. The predicted octanol–water partition coefficient (Wildman–Crippen LogP) is 3.97. The Bertz CT molecular complexity index is 647. The van der Waals surface area contributed by atoms with Crippen LogP contribution < -0.4 is 11.1 Å². The predicted molar refractivity (Wildman–Crippen MR) is 86.1 cm³/mol. The van der Waals surface area contributed by atoms with Gasteiger partial charge in [0.05, 0.1) is 11.4 Å². The van der Waals surface area contributed by atoms with E-state index in [0.717, 1.165) is 15.7 Å². The molecule has 2 rings (SSSR count). The van der Waals surface area contributed by atoms with Gasteiger partial charge in [0, 0.05) is 16.7 Å². The Hall–Kier alpha value is -1.75. The summed E-state index contributed by atoms with van der Waals surface area (Å²) in [7, 11) is 0. The van der Waals surface area contributed by atoms with Gasteiger partial charge in [-0.2, -0.15) is 0 Å². The second-order valence-electron chi connectivity index (χ2n) is 5.05. The number of aromatic nitrogens is 1. The number of benzene rings is 1. The molecule has 106 valence electrons. The highest BCUT2D eigenvalue weighted by Gasteiger charge is 2.16. The fourth-order valence-electron chi connectivity index (χ4n) is 2.04. The van der Waals surface area contributed by atoms with Crippen LogP contribution >= 0.6 is 15.9 Å². The van der Waals surface area contributed by atoms with Crippen LogP contribution in [0.2, 0.25) is 0 Å². The number of nitrogens with two attached hydrogens (primary N) is 1. The van der Waals surface area contributed by atoms with Crippen molar-refractivity contribution in [2.24, 2.45) is 0 Å². The lowest BCUT2D eigenvalue weighted by molar-refractivity contribution is 0.101. The fourth-order valence-corrected chi connectivity index (χ4v) is 2.40. The highest BCUT2D eigenvalue weighted by atomic mass is 79.9. The molecule has 1 aromatic carbocycles. The molecule has 0 radical (unpaired) electrons. The third-order valence-electron chi connectivity index (χ3n) is 3.10. The van der Waals surface area contributed by atoms with Crippen LogP contribution in [0.25, 0.3) is 0 Å². The number of anilines is 2. The monoisotopic (exact) mass is 335 g/mol. The van der Waals surface area contributed by atoms with Gasteiger partial charge in [-0.15, -0.1) is 0 Å². The molecule has 1 heterocycles. The Labute approximate surface area is 127 Å². The Morgan fingerprint density at radius 1 is 1.40 bits per heavy atom. The Morgan fingerprint density at radius 2 is 2.10 bits per heavy atom. The number of carbonyl (C=O) groups excluding carboxylic acids is 1. The maximum atomic E-state index is 12.4. The minimum absolute atomic E-state index is 0.165. The van der Waals surface area contributed by atoms with Gasteiger partial charge in [-0.05, 0) is 54.4 Å². The van der Waals surface area contributed by atoms with Crippen LogP contribution in [0.5, 0.6) is 0 Å². The van der Waals surface area contributed by atoms with Crippen molar-refractivity contribution in [3.05, 3.63) is 46.2 Å². The smallest absolute Gasteiger partial charge is 0.272 e. The van der Waals surface area contributed by atoms with E-state index in [1.807, 2.05) is 43.5 Å². The van der Waals surface area contributed by atoms with Gasteiger partial charge in [0.1, 0.15) is 5.69 Å². The summed E-state index contributed by atoms with van der Waals surface area (Å²) in [5.41, 5.74) is 8.77. The molecule has 0 bridgehead atoms. The van der Waals surface area contributed by atoms with Crippen molar-refractivity contribution in [1.82, 2.24) is 4.57 Å². The molecule has 0 spiro atoms. The number of amides is 1. The lowest BCUT2D eigenvalue weighted by Crippen LogP contribution is -2.18. The normalized spacial score (nSPS) is 10.8. The molecule has 0 saturated carbocycles.